The van der Waals surface area contributed by atoms with Gasteiger partial charge < -0.3 is 0 Å². The summed E-state index contributed by atoms with van der Waals surface area (Å²) in [4.78, 5) is 28.1. The van der Waals surface area contributed by atoms with Gasteiger partial charge in [-0.25, -0.2) is 0 Å². The molecule has 0 bridgehead atoms. The summed E-state index contributed by atoms with van der Waals surface area (Å²) in [5.41, 5.74) is 0.685. The molecule has 3 aromatic rings. The Kier molecular flexibility index (Phi) is 5.76. The Morgan fingerprint density at radius 1 is 0.593 bits per heavy atom. The second kappa shape index (κ2) is 8.00. The van der Waals surface area contributed by atoms with Crippen LogP contribution < -0.4 is 0 Å². The van der Waals surface area contributed by atoms with Gasteiger partial charge in [0.2, 0.25) is 0 Å². The van der Waals surface area contributed by atoms with Crippen LogP contribution in [-0.4, -0.2) is 14.8 Å². The second-order valence-electron chi connectivity index (χ2n) is 5.76. The van der Waals surface area contributed by atoms with Crippen molar-refractivity contribution in [2.45, 2.75) is 13.8 Å². The molecule has 0 heterocycles. The quantitative estimate of drug-likeness (QED) is 0.478. The predicted molar refractivity (Wildman–Crippen MR) is 99.8 cm³/mol. The van der Waals surface area contributed by atoms with Crippen molar-refractivity contribution < 1.29 is 14.8 Å². The molecule has 0 spiro atoms. The third-order valence-electron chi connectivity index (χ3n) is 3.88. The highest BCUT2D eigenvalue weighted by molar-refractivity contribution is 5.83. The van der Waals surface area contributed by atoms with Crippen LogP contribution >= 0.6 is 0 Å². The lowest BCUT2D eigenvalue weighted by Gasteiger charge is -2.02. The van der Waals surface area contributed by atoms with Crippen LogP contribution in [0.15, 0.2) is 54.6 Å². The van der Waals surface area contributed by atoms with Gasteiger partial charge >= 0.3 is 0 Å². The lowest BCUT2D eigenvalue weighted by Crippen LogP contribution is -1.96. The van der Waals surface area contributed by atoms with Gasteiger partial charge in [-0.15, -0.1) is 0 Å². The van der Waals surface area contributed by atoms with Crippen LogP contribution in [0.25, 0.3) is 10.8 Å². The summed E-state index contributed by atoms with van der Waals surface area (Å²) in [6, 6.07) is 14.9. The van der Waals surface area contributed by atoms with E-state index in [1.807, 2.05) is 0 Å². The zero-order valence-electron chi connectivity index (χ0n) is 14.5. The van der Waals surface area contributed by atoms with Crippen molar-refractivity contribution in [2.24, 2.45) is 0 Å². The van der Waals surface area contributed by atoms with E-state index in [9.17, 15) is 30.3 Å². The molecule has 27 heavy (non-hydrogen) atoms. The molecule has 3 rings (SSSR count). The molecule has 0 radical (unpaired) electrons. The Bertz CT molecular complexity index is 929. The molecule has 0 amide bonds. The highest BCUT2D eigenvalue weighted by Crippen LogP contribution is 2.26. The smallest absolute Gasteiger partial charge is 0.258 e. The fraction of sp³-hybridized carbons (Fsp3) is 0.111. The molecule has 0 aromatic heterocycles. The van der Waals surface area contributed by atoms with E-state index >= 15 is 0 Å². The minimum absolute atomic E-state index is 0.660. The number of hydrogen-bond acceptors (Lipinski definition) is 6. The van der Waals surface area contributed by atoms with Gasteiger partial charge in [-0.3, -0.25) is 30.3 Å². The molecule has 3 aromatic carbocycles. The lowest BCUT2D eigenvalue weighted by molar-refractivity contribution is -0.403. The average Bonchev–Trinajstić information content (AvgIpc) is 2.62. The molecule has 9 nitrogen and oxygen atoms in total. The number of non-ortho nitro benzene ring substituents is 3. The van der Waals surface area contributed by atoms with Crippen molar-refractivity contribution in [3.8, 4) is 0 Å². The number of hydrogen-bond donors (Lipinski definition) is 0. The second-order valence-corrected chi connectivity index (χ2v) is 5.76. The van der Waals surface area contributed by atoms with Crippen molar-refractivity contribution >= 4 is 27.8 Å². The summed E-state index contributed by atoms with van der Waals surface area (Å²) in [5.74, 6) is 0. The lowest BCUT2D eigenvalue weighted by atomic mass is 10.0. The Balaban J connectivity index is 0.000000198. The highest BCUT2D eigenvalue weighted by atomic mass is 16.6. The van der Waals surface area contributed by atoms with Crippen molar-refractivity contribution in [3.05, 3.63) is 96.1 Å². The summed E-state index contributed by atoms with van der Waals surface area (Å²) in [5, 5.41) is 33.6. The third-order valence-corrected chi connectivity index (χ3v) is 3.88. The van der Waals surface area contributed by atoms with Gasteiger partial charge in [0.05, 0.1) is 33.0 Å². The Morgan fingerprint density at radius 3 is 1.15 bits per heavy atom. The molecule has 0 fully saturated rings. The maximum Gasteiger partial charge on any atom is 0.283 e. The maximum absolute atomic E-state index is 10.3. The standard InChI is InChI=1S/C12H12.C6H3N3O6/c1-9-7-11-5-3-4-6-12(11)8-10(9)2;10-7(11)4-1-5(8(12)13)3-6(2-4)9(14)15/h3-8H,1-2H3;1-3H. The molecule has 0 saturated heterocycles. The van der Waals surface area contributed by atoms with Crippen LogP contribution in [-0.2, 0) is 0 Å². The van der Waals surface area contributed by atoms with E-state index in [-0.39, 0.29) is 0 Å². The van der Waals surface area contributed by atoms with Crippen molar-refractivity contribution in [2.75, 3.05) is 0 Å². The molecule has 0 aliphatic rings. The number of nitro benzene ring substituents is 3. The van der Waals surface area contributed by atoms with Gasteiger partial charge in [-0.2, -0.15) is 0 Å². The largest absolute Gasteiger partial charge is 0.283 e. The van der Waals surface area contributed by atoms with E-state index in [2.05, 4.69) is 50.2 Å². The summed E-state index contributed by atoms with van der Waals surface area (Å²) >= 11 is 0. The van der Waals surface area contributed by atoms with E-state index in [0.717, 1.165) is 0 Å². The van der Waals surface area contributed by atoms with Gasteiger partial charge in [-0.05, 0) is 35.7 Å². The van der Waals surface area contributed by atoms with Gasteiger partial charge in [0.1, 0.15) is 0 Å². The van der Waals surface area contributed by atoms with E-state index in [4.69, 9.17) is 0 Å². The van der Waals surface area contributed by atoms with Crippen LogP contribution in [0.1, 0.15) is 11.1 Å². The van der Waals surface area contributed by atoms with E-state index in [0.29, 0.717) is 18.2 Å². The molecule has 0 unspecified atom stereocenters. The van der Waals surface area contributed by atoms with Crippen molar-refractivity contribution in [1.82, 2.24) is 0 Å². The summed E-state index contributed by atoms with van der Waals surface area (Å²) in [6.45, 7) is 4.31. The SMILES string of the molecule is Cc1cc2ccccc2cc1C.O=[N+]([O-])c1cc([N+](=O)[O-])cc([N+](=O)[O-])c1. The maximum atomic E-state index is 10.3. The highest BCUT2D eigenvalue weighted by Gasteiger charge is 2.21. The Hall–Kier alpha value is -3.88. The molecule has 0 N–H and O–H groups in total. The molecule has 0 aliphatic heterocycles. The molecule has 0 saturated carbocycles. The number of nitro groups is 3. The van der Waals surface area contributed by atoms with Crippen LogP contribution in [0, 0.1) is 44.2 Å². The first-order valence-electron chi connectivity index (χ1n) is 7.73. The summed E-state index contributed by atoms with van der Waals surface area (Å²) in [6.07, 6.45) is 0. The monoisotopic (exact) mass is 369 g/mol. The first-order valence-corrected chi connectivity index (χ1v) is 7.73. The third kappa shape index (κ3) is 4.82. The van der Waals surface area contributed by atoms with Crippen LogP contribution in [0.5, 0.6) is 0 Å². The molecule has 0 atom stereocenters. The molecular weight excluding hydrogens is 354 g/mol. The molecule has 9 heteroatoms. The first-order chi connectivity index (χ1) is 12.7. The van der Waals surface area contributed by atoms with Crippen LogP contribution in [0.2, 0.25) is 0 Å². The van der Waals surface area contributed by atoms with Gasteiger partial charge in [0.25, 0.3) is 17.1 Å². The molecule has 138 valence electrons. The van der Waals surface area contributed by atoms with E-state index in [1.165, 1.54) is 21.9 Å². The van der Waals surface area contributed by atoms with E-state index in [1.54, 1.807) is 0 Å². The van der Waals surface area contributed by atoms with Gasteiger partial charge in [0, 0.05) is 0 Å². The summed E-state index contributed by atoms with van der Waals surface area (Å²) < 4.78 is 0. The topological polar surface area (TPSA) is 129 Å². The van der Waals surface area contributed by atoms with Crippen LogP contribution in [0.3, 0.4) is 0 Å². The van der Waals surface area contributed by atoms with Gasteiger partial charge in [0.15, 0.2) is 0 Å². The number of nitrogens with zero attached hydrogens (tertiary/aromatic N) is 3. The van der Waals surface area contributed by atoms with Crippen LogP contribution in [0.4, 0.5) is 17.1 Å². The number of fused-ring (bicyclic) bond motifs is 1. The van der Waals surface area contributed by atoms with E-state index < -0.39 is 31.8 Å². The van der Waals surface area contributed by atoms with Gasteiger partial charge in [-0.1, -0.05) is 36.4 Å². The average molecular weight is 369 g/mol. The first kappa shape index (κ1) is 19.4. The van der Waals surface area contributed by atoms with Crippen molar-refractivity contribution in [1.29, 1.82) is 0 Å². The number of benzene rings is 3. The normalized spacial score (nSPS) is 10.0. The minimum Gasteiger partial charge on any atom is -0.258 e. The predicted octanol–water partition coefficient (Wildman–Crippen LogP) is 4.87. The minimum atomic E-state index is -0.931. The fourth-order valence-corrected chi connectivity index (χ4v) is 2.36. The zero-order valence-corrected chi connectivity index (χ0v) is 14.5. The fourth-order valence-electron chi connectivity index (χ4n) is 2.36. The molecule has 0 aliphatic carbocycles. The number of rotatable bonds is 3. The van der Waals surface area contributed by atoms with Crippen molar-refractivity contribution in [3.63, 3.8) is 0 Å². The molecular formula is C18H15N3O6. The Labute approximate surface area is 153 Å². The number of aryl methyl sites for hydroxylation is 2. The summed E-state index contributed by atoms with van der Waals surface area (Å²) in [7, 11) is 0. The Morgan fingerprint density at radius 2 is 0.889 bits per heavy atom. The zero-order chi connectivity index (χ0) is 20.1.